The molecule has 1 aromatic carbocycles. The summed E-state index contributed by atoms with van der Waals surface area (Å²) in [4.78, 5) is 12.0. The topological polar surface area (TPSA) is 43.1 Å². The maximum Gasteiger partial charge on any atom is 0.140 e. The predicted octanol–water partition coefficient (Wildman–Crippen LogP) is 2.95. The Kier molecular flexibility index (Phi) is 5.36. The van der Waals surface area contributed by atoms with Crippen molar-refractivity contribution in [2.75, 3.05) is 6.54 Å². The van der Waals surface area contributed by atoms with Crippen LogP contribution in [0, 0.1) is 5.41 Å². The maximum atomic E-state index is 12.0. The lowest BCUT2D eigenvalue weighted by molar-refractivity contribution is -0.127. The van der Waals surface area contributed by atoms with Crippen LogP contribution in [0.15, 0.2) is 30.3 Å². The molecule has 0 bridgehead atoms. The number of aryl methyl sites for hydroxylation is 1. The first-order valence-corrected chi connectivity index (χ1v) is 6.39. The van der Waals surface area contributed by atoms with E-state index >= 15 is 0 Å². The van der Waals surface area contributed by atoms with Gasteiger partial charge in [-0.1, -0.05) is 44.2 Å². The van der Waals surface area contributed by atoms with E-state index in [4.69, 9.17) is 5.73 Å². The van der Waals surface area contributed by atoms with Gasteiger partial charge in [-0.15, -0.1) is 0 Å². The van der Waals surface area contributed by atoms with Crippen LogP contribution in [0.25, 0.3) is 0 Å². The average Bonchev–Trinajstić information content (AvgIpc) is 2.39. The zero-order valence-corrected chi connectivity index (χ0v) is 10.9. The van der Waals surface area contributed by atoms with E-state index in [9.17, 15) is 4.79 Å². The van der Waals surface area contributed by atoms with Crippen LogP contribution in [0.1, 0.15) is 38.7 Å². The van der Waals surface area contributed by atoms with Gasteiger partial charge in [-0.05, 0) is 24.8 Å². The molecule has 0 amide bonds. The Bertz CT molecular complexity index is 341. The molecule has 0 aliphatic rings. The van der Waals surface area contributed by atoms with Crippen LogP contribution < -0.4 is 5.73 Å². The first-order chi connectivity index (χ1) is 8.12. The van der Waals surface area contributed by atoms with E-state index in [2.05, 4.69) is 12.1 Å². The molecule has 0 aliphatic carbocycles. The fraction of sp³-hybridized carbons (Fsp3) is 0.533. The maximum absolute atomic E-state index is 12.0. The molecule has 1 aromatic rings. The van der Waals surface area contributed by atoms with Crippen molar-refractivity contribution in [3.05, 3.63) is 35.9 Å². The van der Waals surface area contributed by atoms with E-state index < -0.39 is 0 Å². The van der Waals surface area contributed by atoms with E-state index in [1.807, 2.05) is 32.0 Å². The highest BCUT2D eigenvalue weighted by Crippen LogP contribution is 2.23. The second-order valence-corrected chi connectivity index (χ2v) is 4.88. The largest absolute Gasteiger partial charge is 0.329 e. The highest BCUT2D eigenvalue weighted by molar-refractivity contribution is 5.84. The lowest BCUT2D eigenvalue weighted by atomic mass is 9.81. The van der Waals surface area contributed by atoms with Gasteiger partial charge in [0.05, 0.1) is 0 Å². The Morgan fingerprint density at radius 2 is 1.94 bits per heavy atom. The van der Waals surface area contributed by atoms with E-state index in [0.717, 1.165) is 19.3 Å². The van der Waals surface area contributed by atoms with E-state index in [0.29, 0.717) is 18.7 Å². The quantitative estimate of drug-likeness (QED) is 0.786. The van der Waals surface area contributed by atoms with Crippen LogP contribution in [0.3, 0.4) is 0 Å². The summed E-state index contributed by atoms with van der Waals surface area (Å²) in [5.41, 5.74) is 6.66. The van der Waals surface area contributed by atoms with Crippen molar-refractivity contribution in [3.8, 4) is 0 Å². The minimum atomic E-state index is -0.323. The smallest absolute Gasteiger partial charge is 0.140 e. The molecule has 17 heavy (non-hydrogen) atoms. The first-order valence-electron chi connectivity index (χ1n) is 6.39. The summed E-state index contributed by atoms with van der Waals surface area (Å²) >= 11 is 0. The predicted molar refractivity (Wildman–Crippen MR) is 71.8 cm³/mol. The van der Waals surface area contributed by atoms with Crippen LogP contribution in [0.4, 0.5) is 0 Å². The van der Waals surface area contributed by atoms with Gasteiger partial charge in [0.25, 0.3) is 0 Å². The van der Waals surface area contributed by atoms with Crippen LogP contribution in [0.5, 0.6) is 0 Å². The fourth-order valence-corrected chi connectivity index (χ4v) is 1.85. The Balaban J connectivity index is 2.39. The molecular formula is C15H23NO. The monoisotopic (exact) mass is 233 g/mol. The van der Waals surface area contributed by atoms with Crippen LogP contribution >= 0.6 is 0 Å². The second kappa shape index (κ2) is 6.55. The highest BCUT2D eigenvalue weighted by Gasteiger charge is 2.28. The fourth-order valence-electron chi connectivity index (χ4n) is 1.85. The van der Waals surface area contributed by atoms with Gasteiger partial charge in [0.1, 0.15) is 5.78 Å². The molecule has 2 nitrogen and oxygen atoms in total. The Morgan fingerprint density at radius 3 is 2.47 bits per heavy atom. The summed E-state index contributed by atoms with van der Waals surface area (Å²) in [7, 11) is 0. The van der Waals surface area contributed by atoms with E-state index in [1.54, 1.807) is 0 Å². The SMILES string of the molecule is CCC(C)(CN)C(=O)CCCc1ccccc1. The van der Waals surface area contributed by atoms with Crippen molar-refractivity contribution < 1.29 is 4.79 Å². The van der Waals surface area contributed by atoms with Crippen LogP contribution in [-0.4, -0.2) is 12.3 Å². The lowest BCUT2D eigenvalue weighted by Gasteiger charge is -2.24. The molecule has 1 rings (SSSR count). The Morgan fingerprint density at radius 1 is 1.29 bits per heavy atom. The number of carbonyl (C=O) groups is 1. The number of nitrogens with two attached hydrogens (primary N) is 1. The molecule has 0 aromatic heterocycles. The van der Waals surface area contributed by atoms with Gasteiger partial charge in [0, 0.05) is 18.4 Å². The molecule has 2 heteroatoms. The molecule has 0 aliphatic heterocycles. The van der Waals surface area contributed by atoms with Gasteiger partial charge in [-0.3, -0.25) is 4.79 Å². The standard InChI is InChI=1S/C15H23NO/c1-3-15(2,12-16)14(17)11-7-10-13-8-5-4-6-9-13/h4-6,8-9H,3,7,10-12,16H2,1-2H3. The van der Waals surface area contributed by atoms with Gasteiger partial charge < -0.3 is 5.73 Å². The number of Topliss-reactive ketones (excluding diaryl/α,β-unsaturated/α-hetero) is 1. The van der Waals surface area contributed by atoms with Crippen LogP contribution in [0.2, 0.25) is 0 Å². The average molecular weight is 233 g/mol. The molecule has 2 N–H and O–H groups in total. The Labute approximate surface area is 104 Å². The number of ketones is 1. The van der Waals surface area contributed by atoms with Crippen molar-refractivity contribution in [1.82, 2.24) is 0 Å². The zero-order valence-electron chi connectivity index (χ0n) is 10.9. The molecule has 94 valence electrons. The molecule has 1 unspecified atom stereocenters. The van der Waals surface area contributed by atoms with Crippen LogP contribution in [-0.2, 0) is 11.2 Å². The number of rotatable bonds is 7. The summed E-state index contributed by atoms with van der Waals surface area (Å²) in [5, 5.41) is 0. The molecule has 0 spiro atoms. The first kappa shape index (κ1) is 13.9. The third-order valence-electron chi connectivity index (χ3n) is 3.62. The van der Waals surface area contributed by atoms with Gasteiger partial charge in [0.2, 0.25) is 0 Å². The molecular weight excluding hydrogens is 210 g/mol. The summed E-state index contributed by atoms with van der Waals surface area (Å²) in [5.74, 6) is 0.304. The molecule has 0 radical (unpaired) electrons. The number of benzene rings is 1. The number of hydrogen-bond donors (Lipinski definition) is 1. The van der Waals surface area contributed by atoms with Crippen molar-refractivity contribution in [2.24, 2.45) is 11.1 Å². The highest BCUT2D eigenvalue weighted by atomic mass is 16.1. The zero-order chi connectivity index (χ0) is 12.7. The van der Waals surface area contributed by atoms with Gasteiger partial charge in [-0.2, -0.15) is 0 Å². The minimum absolute atomic E-state index is 0.304. The van der Waals surface area contributed by atoms with Gasteiger partial charge in [0.15, 0.2) is 0 Å². The lowest BCUT2D eigenvalue weighted by Crippen LogP contribution is -2.35. The number of hydrogen-bond acceptors (Lipinski definition) is 2. The van der Waals surface area contributed by atoms with Gasteiger partial charge in [-0.25, -0.2) is 0 Å². The van der Waals surface area contributed by atoms with Crippen molar-refractivity contribution in [2.45, 2.75) is 39.5 Å². The third-order valence-corrected chi connectivity index (χ3v) is 3.62. The molecule has 0 saturated carbocycles. The van der Waals surface area contributed by atoms with Crippen molar-refractivity contribution in [1.29, 1.82) is 0 Å². The van der Waals surface area contributed by atoms with Crippen molar-refractivity contribution >= 4 is 5.78 Å². The molecule has 0 saturated heterocycles. The van der Waals surface area contributed by atoms with E-state index in [-0.39, 0.29) is 5.41 Å². The van der Waals surface area contributed by atoms with Crippen molar-refractivity contribution in [3.63, 3.8) is 0 Å². The summed E-state index contributed by atoms with van der Waals surface area (Å²) < 4.78 is 0. The second-order valence-electron chi connectivity index (χ2n) is 4.88. The molecule has 0 heterocycles. The Hall–Kier alpha value is -1.15. The molecule has 1 atom stereocenters. The normalized spacial score (nSPS) is 14.3. The molecule has 0 fully saturated rings. The van der Waals surface area contributed by atoms with E-state index in [1.165, 1.54) is 5.56 Å². The third kappa shape index (κ3) is 3.97. The summed E-state index contributed by atoms with van der Waals surface area (Å²) in [6.07, 6.45) is 3.35. The number of carbonyl (C=O) groups excluding carboxylic acids is 1. The van der Waals surface area contributed by atoms with Gasteiger partial charge >= 0.3 is 0 Å². The summed E-state index contributed by atoms with van der Waals surface area (Å²) in [6, 6.07) is 10.3. The summed E-state index contributed by atoms with van der Waals surface area (Å²) in [6.45, 7) is 4.45. The minimum Gasteiger partial charge on any atom is -0.329 e.